The Morgan fingerprint density at radius 2 is 0.956 bits per heavy atom. The number of likely N-dealkylation sites (tertiary alicyclic amines) is 2. The molecule has 2 N–H and O–H groups in total. The number of ether oxygens (including phenoxy) is 1. The number of hydrogen-bond donors (Lipinski definition) is 1. The fourth-order valence-electron chi connectivity index (χ4n) is 9.14. The lowest BCUT2D eigenvalue weighted by molar-refractivity contribution is -0.164. The van der Waals surface area contributed by atoms with Crippen LogP contribution in [-0.2, 0) is 59.4 Å². The number of primary amides is 1. The molecule has 12 nitrogen and oxygen atoms in total. The Morgan fingerprint density at radius 3 is 1.28 bits per heavy atom. The lowest BCUT2D eigenvalue weighted by Gasteiger charge is -2.51. The molecule has 6 rings (SSSR count). The number of benzene rings is 4. The molecule has 0 spiro atoms. The van der Waals surface area contributed by atoms with Crippen LogP contribution in [0.1, 0.15) is 104 Å². The van der Waals surface area contributed by atoms with Crippen molar-refractivity contribution in [1.29, 1.82) is 0 Å². The van der Waals surface area contributed by atoms with Gasteiger partial charge in [0.2, 0.25) is 29.5 Å². The first-order valence-electron chi connectivity index (χ1n) is 23.5. The molecule has 0 aliphatic carbocycles. The monoisotopic (exact) mass is 967 g/mol. The van der Waals surface area contributed by atoms with Crippen molar-refractivity contribution in [2.24, 2.45) is 5.73 Å². The van der Waals surface area contributed by atoms with Crippen LogP contribution in [-0.4, -0.2) is 99.0 Å². The summed E-state index contributed by atoms with van der Waals surface area (Å²) in [5, 5.41) is 1.25. The second-order valence-corrected chi connectivity index (χ2v) is 19.5. The minimum Gasteiger partial charge on any atom is -0.466 e. The summed E-state index contributed by atoms with van der Waals surface area (Å²) in [6, 6.07) is 26.9. The molecular formula is C54H67Cl2N5O7. The van der Waals surface area contributed by atoms with Gasteiger partial charge < -0.3 is 30.1 Å². The van der Waals surface area contributed by atoms with E-state index in [0.29, 0.717) is 81.6 Å². The number of carbonyl (C=O) groups is 6. The van der Waals surface area contributed by atoms with Gasteiger partial charge in [-0.1, -0.05) is 106 Å². The lowest BCUT2D eigenvalue weighted by Crippen LogP contribution is -2.68. The molecular weight excluding hydrogens is 902 g/mol. The summed E-state index contributed by atoms with van der Waals surface area (Å²) in [6.45, 7) is 16.5. The van der Waals surface area contributed by atoms with Crippen LogP contribution < -0.4 is 5.73 Å². The summed E-state index contributed by atoms with van der Waals surface area (Å²) >= 11 is 12.0. The van der Waals surface area contributed by atoms with E-state index in [1.165, 1.54) is 0 Å². The second kappa shape index (κ2) is 24.0. The summed E-state index contributed by atoms with van der Waals surface area (Å²) in [4.78, 5) is 83.7. The van der Waals surface area contributed by atoms with E-state index >= 15 is 0 Å². The van der Waals surface area contributed by atoms with Gasteiger partial charge in [0.15, 0.2) is 0 Å². The number of amides is 5. The predicted octanol–water partition coefficient (Wildman–Crippen LogP) is 8.65. The highest BCUT2D eigenvalue weighted by atomic mass is 35.5. The van der Waals surface area contributed by atoms with Crippen molar-refractivity contribution in [2.45, 2.75) is 124 Å². The SMILES string of the molecule is CCOC(=O)CCCN(Cc1ccc(Cl)cc1)C(=O)C1(C)CCN1C(=O)Cc1cc(C)cc(C)c1.Cc1cc(C)cc(CC(=O)N2CCC2(C)C(=O)N(CCCC(N)=O)Cc2ccc(Cl)cc2)c1. The first kappa shape index (κ1) is 53.2. The fraction of sp³-hybridized carbons (Fsp3) is 0.444. The van der Waals surface area contributed by atoms with Gasteiger partial charge in [-0.25, -0.2) is 0 Å². The molecule has 364 valence electrons. The molecule has 2 saturated heterocycles. The number of carbonyl (C=O) groups excluding carboxylic acids is 6. The zero-order chi connectivity index (χ0) is 49.8. The molecule has 5 amide bonds. The number of rotatable bonds is 19. The topological polar surface area (TPSA) is 151 Å². The summed E-state index contributed by atoms with van der Waals surface area (Å²) in [6.07, 6.45) is 3.17. The molecule has 0 saturated carbocycles. The minimum atomic E-state index is -0.897. The molecule has 2 atom stereocenters. The molecule has 0 bridgehead atoms. The first-order chi connectivity index (χ1) is 32.2. The van der Waals surface area contributed by atoms with E-state index in [-0.39, 0.29) is 55.3 Å². The van der Waals surface area contributed by atoms with Gasteiger partial charge in [-0.3, -0.25) is 28.8 Å². The number of hydrogen-bond acceptors (Lipinski definition) is 7. The highest BCUT2D eigenvalue weighted by molar-refractivity contribution is 6.30. The van der Waals surface area contributed by atoms with Crippen molar-refractivity contribution in [1.82, 2.24) is 19.6 Å². The highest BCUT2D eigenvalue weighted by Gasteiger charge is 2.52. The van der Waals surface area contributed by atoms with E-state index in [2.05, 4.69) is 12.1 Å². The van der Waals surface area contributed by atoms with Gasteiger partial charge in [0.1, 0.15) is 11.1 Å². The summed E-state index contributed by atoms with van der Waals surface area (Å²) in [7, 11) is 0. The number of aryl methyl sites for hydroxylation is 4. The largest absolute Gasteiger partial charge is 0.466 e. The van der Waals surface area contributed by atoms with Crippen LogP contribution >= 0.6 is 23.2 Å². The van der Waals surface area contributed by atoms with Crippen molar-refractivity contribution in [3.05, 3.63) is 139 Å². The Hall–Kier alpha value is -5.72. The molecule has 2 fully saturated rings. The molecule has 2 aliphatic rings. The van der Waals surface area contributed by atoms with Crippen molar-refractivity contribution in [3.63, 3.8) is 0 Å². The highest BCUT2D eigenvalue weighted by Crippen LogP contribution is 2.35. The lowest BCUT2D eigenvalue weighted by atomic mass is 9.84. The number of nitrogens with zero attached hydrogens (tertiary/aromatic N) is 4. The molecule has 2 unspecified atom stereocenters. The van der Waals surface area contributed by atoms with Crippen molar-refractivity contribution < 1.29 is 33.5 Å². The van der Waals surface area contributed by atoms with E-state index in [1.807, 2.05) is 90.1 Å². The van der Waals surface area contributed by atoms with E-state index < -0.39 is 17.0 Å². The van der Waals surface area contributed by atoms with Gasteiger partial charge >= 0.3 is 5.97 Å². The van der Waals surface area contributed by atoms with Gasteiger partial charge in [-0.05, 0) is 121 Å². The Bertz CT molecular complexity index is 2400. The van der Waals surface area contributed by atoms with Crippen LogP contribution in [0.2, 0.25) is 10.0 Å². The maximum absolute atomic E-state index is 13.8. The average Bonchev–Trinajstić information content (AvgIpc) is 3.24. The molecule has 14 heteroatoms. The standard InChI is InChI=1S/C28H35ClN2O4.C26H32ClN3O3/c1-5-35-26(33)7-6-13-30(19-22-8-10-24(29)11-9-22)27(34)28(4)12-14-31(28)25(32)18-23-16-20(2)15-21(3)17-23;1-18-13-19(2)15-21(14-18)16-24(32)30-12-10-26(30,3)25(33)29(11-4-5-23(28)31)17-20-6-8-22(27)9-7-20/h8-11,15-17H,5-7,12-14,18-19H2,1-4H3;6-9,13-15H,4-5,10-12,16-17H2,1-3H3,(H2,28,31). The van der Waals surface area contributed by atoms with Gasteiger partial charge in [-0.15, -0.1) is 0 Å². The summed E-state index contributed by atoms with van der Waals surface area (Å²) < 4.78 is 5.03. The Labute approximate surface area is 412 Å². The number of halogens is 2. The first-order valence-corrected chi connectivity index (χ1v) is 24.2. The minimum absolute atomic E-state index is 0.0462. The van der Waals surface area contributed by atoms with Crippen molar-refractivity contribution in [2.75, 3.05) is 32.8 Å². The third kappa shape index (κ3) is 14.4. The summed E-state index contributed by atoms with van der Waals surface area (Å²) in [5.74, 6) is -0.973. The molecule has 2 aliphatic heterocycles. The smallest absolute Gasteiger partial charge is 0.305 e. The average molecular weight is 969 g/mol. The molecule has 4 aromatic rings. The normalized spacial score (nSPS) is 17.2. The number of nitrogens with two attached hydrogens (primary N) is 1. The molecule has 0 radical (unpaired) electrons. The predicted molar refractivity (Wildman–Crippen MR) is 267 cm³/mol. The molecule has 68 heavy (non-hydrogen) atoms. The Kier molecular flexibility index (Phi) is 18.8. The molecule has 2 heterocycles. The van der Waals surface area contributed by atoms with Crippen LogP contribution in [0.25, 0.3) is 0 Å². The second-order valence-electron chi connectivity index (χ2n) is 18.7. The van der Waals surface area contributed by atoms with Gasteiger partial charge in [0.05, 0.1) is 19.4 Å². The maximum atomic E-state index is 13.8. The van der Waals surface area contributed by atoms with Gasteiger partial charge in [0.25, 0.3) is 0 Å². The van der Waals surface area contributed by atoms with Gasteiger partial charge in [-0.2, -0.15) is 0 Å². The molecule has 4 aromatic carbocycles. The van der Waals surface area contributed by atoms with Gasteiger partial charge in [0, 0.05) is 62.2 Å². The van der Waals surface area contributed by atoms with E-state index in [0.717, 1.165) is 44.5 Å². The van der Waals surface area contributed by atoms with Crippen LogP contribution in [0.3, 0.4) is 0 Å². The van der Waals surface area contributed by atoms with Crippen LogP contribution in [0.5, 0.6) is 0 Å². The maximum Gasteiger partial charge on any atom is 0.305 e. The van der Waals surface area contributed by atoms with E-state index in [1.54, 1.807) is 50.8 Å². The van der Waals surface area contributed by atoms with Crippen molar-refractivity contribution >= 4 is 58.7 Å². The molecule has 0 aromatic heterocycles. The zero-order valence-corrected chi connectivity index (χ0v) is 42.2. The van der Waals surface area contributed by atoms with Crippen LogP contribution in [0.4, 0.5) is 0 Å². The summed E-state index contributed by atoms with van der Waals surface area (Å²) in [5.41, 5.74) is 11.8. The Morgan fingerprint density at radius 1 is 0.588 bits per heavy atom. The number of esters is 1. The fourth-order valence-corrected chi connectivity index (χ4v) is 9.39. The Balaban J connectivity index is 0.000000255. The quantitative estimate of drug-likeness (QED) is 0.0925. The van der Waals surface area contributed by atoms with Crippen LogP contribution in [0.15, 0.2) is 84.9 Å². The third-order valence-electron chi connectivity index (χ3n) is 12.7. The van der Waals surface area contributed by atoms with E-state index in [9.17, 15) is 28.8 Å². The zero-order valence-electron chi connectivity index (χ0n) is 40.7. The third-order valence-corrected chi connectivity index (χ3v) is 13.3. The van der Waals surface area contributed by atoms with Crippen LogP contribution in [0, 0.1) is 27.7 Å². The van der Waals surface area contributed by atoms with E-state index in [4.69, 9.17) is 33.7 Å². The van der Waals surface area contributed by atoms with Crippen molar-refractivity contribution in [3.8, 4) is 0 Å².